The molecular weight excluding hydrogens is 547 g/mol. The number of imide groups is 1. The van der Waals surface area contributed by atoms with Crippen LogP contribution in [0.1, 0.15) is 52.0 Å². The van der Waals surface area contributed by atoms with E-state index in [-0.39, 0.29) is 43.8 Å². The predicted molar refractivity (Wildman–Crippen MR) is 139 cm³/mol. The minimum atomic E-state index is -0.819. The number of rotatable bonds is 7. The Labute approximate surface area is 231 Å². The highest BCUT2D eigenvalue weighted by molar-refractivity contribution is 6.42. The number of fused-ring (bicyclic) bond motifs is 1. The molecule has 2 heterocycles. The van der Waals surface area contributed by atoms with Crippen LogP contribution in [0, 0.1) is 0 Å². The second-order valence-electron chi connectivity index (χ2n) is 8.27. The Balaban J connectivity index is 1.42. The zero-order chi connectivity index (χ0) is 27.7. The number of nitrogens with zero attached hydrogens (tertiary/aromatic N) is 2. The minimum Gasteiger partial charge on any atom is -0.457 e. The number of ketones is 1. The Bertz CT molecular complexity index is 1600. The number of Topliss-reactive ketones (excluding diaryl/α,β-unsaturated/α-hetero) is 1. The largest absolute Gasteiger partial charge is 0.457 e. The first-order chi connectivity index (χ1) is 18.7. The van der Waals surface area contributed by atoms with E-state index >= 15 is 0 Å². The van der Waals surface area contributed by atoms with Crippen LogP contribution < -0.4 is 4.74 Å². The van der Waals surface area contributed by atoms with Crippen LogP contribution in [0.3, 0.4) is 0 Å². The third kappa shape index (κ3) is 5.05. The van der Waals surface area contributed by atoms with E-state index in [1.165, 1.54) is 73.0 Å². The number of esters is 1. The van der Waals surface area contributed by atoms with Gasteiger partial charge in [-0.3, -0.25) is 19.2 Å². The SMILES string of the molecule is O=C(CN(C(=O)c1ccc(Cl)c(Cl)c1)N1C(=O)c2ccccc2C1=O)c1ccc(OC(=O)c2ccco2)cc1. The Morgan fingerprint density at radius 2 is 1.44 bits per heavy atom. The Morgan fingerprint density at radius 3 is 2.03 bits per heavy atom. The molecule has 3 aromatic carbocycles. The normalized spacial score (nSPS) is 12.3. The van der Waals surface area contributed by atoms with Crippen molar-refractivity contribution in [3.8, 4) is 5.75 Å². The van der Waals surface area contributed by atoms with Crippen LogP contribution in [0.4, 0.5) is 0 Å². The van der Waals surface area contributed by atoms with Gasteiger partial charge in [0.1, 0.15) is 12.3 Å². The number of hydrazine groups is 1. The fourth-order valence-electron chi connectivity index (χ4n) is 3.90. The first kappa shape index (κ1) is 25.9. The van der Waals surface area contributed by atoms with Crippen LogP contribution in [-0.2, 0) is 0 Å². The van der Waals surface area contributed by atoms with Crippen LogP contribution in [0.15, 0.2) is 89.5 Å². The zero-order valence-electron chi connectivity index (χ0n) is 19.8. The summed E-state index contributed by atoms with van der Waals surface area (Å²) in [5, 5.41) is 1.70. The quantitative estimate of drug-likeness (QED) is 0.129. The molecule has 9 nitrogen and oxygen atoms in total. The van der Waals surface area contributed by atoms with E-state index in [2.05, 4.69) is 0 Å². The molecule has 1 aliphatic rings. The van der Waals surface area contributed by atoms with Gasteiger partial charge in [-0.2, -0.15) is 5.01 Å². The fraction of sp³-hybridized carbons (Fsp3) is 0.0357. The number of halogens is 2. The molecule has 0 radical (unpaired) electrons. The number of benzene rings is 3. The van der Waals surface area contributed by atoms with Crippen molar-refractivity contribution in [2.24, 2.45) is 0 Å². The van der Waals surface area contributed by atoms with Gasteiger partial charge in [-0.25, -0.2) is 9.80 Å². The molecule has 0 aliphatic carbocycles. The summed E-state index contributed by atoms with van der Waals surface area (Å²) >= 11 is 12.0. The summed E-state index contributed by atoms with van der Waals surface area (Å²) in [5.74, 6) is -3.48. The maximum Gasteiger partial charge on any atom is 0.379 e. The lowest BCUT2D eigenvalue weighted by molar-refractivity contribution is 0.00531. The lowest BCUT2D eigenvalue weighted by Gasteiger charge is -2.29. The maximum absolute atomic E-state index is 13.6. The molecule has 0 atom stereocenters. The van der Waals surface area contributed by atoms with Crippen LogP contribution in [-0.4, -0.2) is 46.0 Å². The third-order valence-corrected chi connectivity index (χ3v) is 6.56. The Morgan fingerprint density at radius 1 is 0.795 bits per heavy atom. The molecule has 0 saturated heterocycles. The van der Waals surface area contributed by atoms with Gasteiger partial charge in [0.15, 0.2) is 5.78 Å². The molecule has 194 valence electrons. The van der Waals surface area contributed by atoms with E-state index in [1.807, 2.05) is 0 Å². The van der Waals surface area contributed by atoms with Crippen molar-refractivity contribution >= 4 is 52.7 Å². The van der Waals surface area contributed by atoms with E-state index in [9.17, 15) is 24.0 Å². The van der Waals surface area contributed by atoms with Crippen molar-refractivity contribution in [3.05, 3.63) is 123 Å². The number of hydrogen-bond donors (Lipinski definition) is 0. The fourth-order valence-corrected chi connectivity index (χ4v) is 4.19. The van der Waals surface area contributed by atoms with Gasteiger partial charge in [0.2, 0.25) is 5.76 Å². The zero-order valence-corrected chi connectivity index (χ0v) is 21.3. The summed E-state index contributed by atoms with van der Waals surface area (Å²) in [7, 11) is 0. The number of amides is 3. The molecule has 11 heteroatoms. The molecule has 4 aromatic rings. The molecule has 39 heavy (non-hydrogen) atoms. The van der Waals surface area contributed by atoms with Crippen molar-refractivity contribution in [1.29, 1.82) is 0 Å². The van der Waals surface area contributed by atoms with E-state index in [1.54, 1.807) is 12.1 Å². The molecule has 0 fully saturated rings. The second kappa shape index (κ2) is 10.6. The summed E-state index contributed by atoms with van der Waals surface area (Å²) in [4.78, 5) is 65.2. The second-order valence-corrected chi connectivity index (χ2v) is 9.09. The standard InChI is InChI=1S/C28H16Cl2N2O7/c29-21-12-9-17(14-22(21)30)25(34)31(32-26(35)19-4-1-2-5-20(19)27(32)36)15-23(33)16-7-10-18(11-8-16)39-28(37)24-6-3-13-38-24/h1-14H,15H2. The lowest BCUT2D eigenvalue weighted by Crippen LogP contribution is -2.51. The van der Waals surface area contributed by atoms with Gasteiger partial charge >= 0.3 is 5.97 Å². The van der Waals surface area contributed by atoms with Crippen molar-refractivity contribution in [2.45, 2.75) is 0 Å². The number of hydrogen-bond acceptors (Lipinski definition) is 7. The summed E-state index contributed by atoms with van der Waals surface area (Å²) in [6.07, 6.45) is 1.33. The smallest absolute Gasteiger partial charge is 0.379 e. The highest BCUT2D eigenvalue weighted by Crippen LogP contribution is 2.28. The average molecular weight is 563 g/mol. The molecule has 3 amide bonds. The van der Waals surface area contributed by atoms with Gasteiger partial charge in [-0.15, -0.1) is 0 Å². The van der Waals surface area contributed by atoms with Gasteiger partial charge < -0.3 is 9.15 Å². The molecule has 1 aromatic heterocycles. The Hall–Kier alpha value is -4.73. The van der Waals surface area contributed by atoms with E-state index in [0.29, 0.717) is 5.01 Å². The number of carbonyl (C=O) groups is 5. The van der Waals surface area contributed by atoms with Crippen LogP contribution in [0.25, 0.3) is 0 Å². The summed E-state index contributed by atoms with van der Waals surface area (Å²) < 4.78 is 10.2. The predicted octanol–water partition coefficient (Wildman–Crippen LogP) is 5.34. The summed E-state index contributed by atoms with van der Waals surface area (Å²) in [5.41, 5.74) is 0.347. The molecule has 5 rings (SSSR count). The van der Waals surface area contributed by atoms with Gasteiger partial charge in [0.05, 0.1) is 27.4 Å². The molecule has 0 unspecified atom stereocenters. The number of carbonyl (C=O) groups excluding carboxylic acids is 5. The molecule has 0 saturated carbocycles. The van der Waals surface area contributed by atoms with Crippen LogP contribution >= 0.6 is 23.2 Å². The van der Waals surface area contributed by atoms with Crippen molar-refractivity contribution in [2.75, 3.05) is 6.54 Å². The summed E-state index contributed by atoms with van der Waals surface area (Å²) in [6.45, 7) is -0.657. The highest BCUT2D eigenvalue weighted by atomic mass is 35.5. The summed E-state index contributed by atoms with van der Waals surface area (Å²) in [6, 6.07) is 18.7. The minimum absolute atomic E-state index is 0.00699. The van der Waals surface area contributed by atoms with Crippen molar-refractivity contribution in [1.82, 2.24) is 10.0 Å². The van der Waals surface area contributed by atoms with Gasteiger partial charge in [-0.1, -0.05) is 35.3 Å². The first-order valence-electron chi connectivity index (χ1n) is 11.4. The van der Waals surface area contributed by atoms with Crippen LogP contribution in [0.5, 0.6) is 5.75 Å². The highest BCUT2D eigenvalue weighted by Gasteiger charge is 2.42. The van der Waals surface area contributed by atoms with Crippen LogP contribution in [0.2, 0.25) is 10.0 Å². The van der Waals surface area contributed by atoms with Gasteiger partial charge in [-0.05, 0) is 66.7 Å². The third-order valence-electron chi connectivity index (χ3n) is 5.82. The first-order valence-corrected chi connectivity index (χ1v) is 12.1. The lowest BCUT2D eigenvalue weighted by atomic mass is 10.1. The Kier molecular flexibility index (Phi) is 7.02. The molecular formula is C28H16Cl2N2O7. The molecule has 0 spiro atoms. The molecule has 1 aliphatic heterocycles. The van der Waals surface area contributed by atoms with E-state index in [0.717, 1.165) is 5.01 Å². The van der Waals surface area contributed by atoms with Gasteiger partial charge in [0, 0.05) is 11.1 Å². The monoisotopic (exact) mass is 562 g/mol. The average Bonchev–Trinajstić information content (AvgIpc) is 3.57. The van der Waals surface area contributed by atoms with Crippen molar-refractivity contribution < 1.29 is 33.1 Å². The van der Waals surface area contributed by atoms with E-state index in [4.69, 9.17) is 32.4 Å². The number of ether oxygens (including phenoxy) is 1. The molecule has 0 bridgehead atoms. The van der Waals surface area contributed by atoms with Crippen molar-refractivity contribution in [3.63, 3.8) is 0 Å². The maximum atomic E-state index is 13.6. The van der Waals surface area contributed by atoms with E-state index < -0.39 is 36.0 Å². The van der Waals surface area contributed by atoms with Gasteiger partial charge in [0.25, 0.3) is 17.7 Å². The molecule has 0 N–H and O–H groups in total. The number of furan rings is 1. The topological polar surface area (TPSA) is 114 Å².